The van der Waals surface area contributed by atoms with E-state index in [9.17, 15) is 8.42 Å². The van der Waals surface area contributed by atoms with Gasteiger partial charge in [0, 0.05) is 58.4 Å². The Balaban J connectivity index is 1.57. The molecule has 3 heterocycles. The maximum absolute atomic E-state index is 12.7. The molecule has 6 nitrogen and oxygen atoms in total. The van der Waals surface area contributed by atoms with Crippen molar-refractivity contribution in [2.45, 2.75) is 26.3 Å². The molecule has 1 N–H and O–H groups in total. The van der Waals surface area contributed by atoms with Crippen molar-refractivity contribution >= 4 is 10.2 Å². The molecule has 2 unspecified atom stereocenters. The van der Waals surface area contributed by atoms with Gasteiger partial charge in [0.1, 0.15) is 0 Å². The summed E-state index contributed by atoms with van der Waals surface area (Å²) in [4.78, 5) is 2.42. The lowest BCUT2D eigenvalue weighted by molar-refractivity contribution is 0.0705. The highest BCUT2D eigenvalue weighted by molar-refractivity contribution is 7.86. The highest BCUT2D eigenvalue weighted by Gasteiger charge is 2.43. The zero-order chi connectivity index (χ0) is 15.0. The smallest absolute Gasteiger partial charge is 0.282 e. The first-order valence-electron chi connectivity index (χ1n) is 8.17. The number of piperidine rings is 1. The third kappa shape index (κ3) is 3.27. The fourth-order valence-corrected chi connectivity index (χ4v) is 5.77. The minimum Gasteiger partial charge on any atom is -0.314 e. The van der Waals surface area contributed by atoms with Gasteiger partial charge >= 0.3 is 0 Å². The summed E-state index contributed by atoms with van der Waals surface area (Å²) in [6, 6.07) is 0.418. The van der Waals surface area contributed by atoms with E-state index < -0.39 is 10.2 Å². The summed E-state index contributed by atoms with van der Waals surface area (Å²) in [5, 5.41) is 3.34. The van der Waals surface area contributed by atoms with Crippen LogP contribution in [0.5, 0.6) is 0 Å². The lowest BCUT2D eigenvalue weighted by Gasteiger charge is -2.48. The van der Waals surface area contributed by atoms with Gasteiger partial charge in [0.2, 0.25) is 0 Å². The zero-order valence-corrected chi connectivity index (χ0v) is 14.0. The number of nitrogens with one attached hydrogen (secondary N) is 1. The minimum absolute atomic E-state index is 0.418. The first-order valence-corrected chi connectivity index (χ1v) is 9.56. The van der Waals surface area contributed by atoms with Crippen LogP contribution in [0, 0.1) is 11.8 Å². The van der Waals surface area contributed by atoms with Gasteiger partial charge in [-0.3, -0.25) is 4.90 Å². The molecule has 0 radical (unpaired) electrons. The van der Waals surface area contributed by atoms with Crippen molar-refractivity contribution in [3.05, 3.63) is 0 Å². The van der Waals surface area contributed by atoms with E-state index >= 15 is 0 Å². The van der Waals surface area contributed by atoms with Crippen molar-refractivity contribution < 1.29 is 8.42 Å². The number of nitrogens with zero attached hydrogens (tertiary/aromatic N) is 3. The number of piperazine rings is 1. The van der Waals surface area contributed by atoms with Crippen molar-refractivity contribution in [1.29, 1.82) is 0 Å². The molecule has 0 bridgehead atoms. The third-order valence-electron chi connectivity index (χ3n) is 4.98. The molecule has 0 aromatic heterocycles. The predicted molar refractivity (Wildman–Crippen MR) is 83.2 cm³/mol. The SMILES string of the molecule is CC1CC(C)CN(S(=O)(=O)N2CC(N3CCNCC3)C2)C1. The van der Waals surface area contributed by atoms with Crippen molar-refractivity contribution in [2.75, 3.05) is 52.4 Å². The number of rotatable bonds is 3. The Hall–Kier alpha value is -0.210. The van der Waals surface area contributed by atoms with E-state index in [2.05, 4.69) is 24.1 Å². The van der Waals surface area contributed by atoms with E-state index in [4.69, 9.17) is 0 Å². The summed E-state index contributed by atoms with van der Waals surface area (Å²) in [5.41, 5.74) is 0. The van der Waals surface area contributed by atoms with E-state index in [1.807, 2.05) is 0 Å². The van der Waals surface area contributed by atoms with E-state index in [1.165, 1.54) is 0 Å². The highest BCUT2D eigenvalue weighted by Crippen LogP contribution is 2.27. The molecule has 0 aliphatic carbocycles. The summed E-state index contributed by atoms with van der Waals surface area (Å²) in [5.74, 6) is 0.933. The van der Waals surface area contributed by atoms with Gasteiger partial charge in [0.25, 0.3) is 10.2 Å². The topological polar surface area (TPSA) is 55.9 Å². The first-order chi connectivity index (χ1) is 9.96. The van der Waals surface area contributed by atoms with Gasteiger partial charge in [-0.15, -0.1) is 0 Å². The number of hydrogen-bond donors (Lipinski definition) is 1. The monoisotopic (exact) mass is 316 g/mol. The maximum atomic E-state index is 12.7. The normalized spacial score (nSPS) is 34.8. The van der Waals surface area contributed by atoms with Crippen molar-refractivity contribution in [3.8, 4) is 0 Å². The summed E-state index contributed by atoms with van der Waals surface area (Å²) < 4.78 is 28.8. The fourth-order valence-electron chi connectivity index (χ4n) is 3.84. The second-order valence-corrected chi connectivity index (χ2v) is 8.96. The Kier molecular flexibility index (Phi) is 4.57. The summed E-state index contributed by atoms with van der Waals surface area (Å²) in [6.07, 6.45) is 1.13. The summed E-state index contributed by atoms with van der Waals surface area (Å²) >= 11 is 0. The Morgan fingerprint density at radius 2 is 1.43 bits per heavy atom. The maximum Gasteiger partial charge on any atom is 0.282 e. The average Bonchev–Trinajstić information content (AvgIpc) is 2.36. The van der Waals surface area contributed by atoms with Crippen LogP contribution in [-0.2, 0) is 10.2 Å². The molecule has 0 spiro atoms. The van der Waals surface area contributed by atoms with Gasteiger partial charge in [-0.05, 0) is 18.3 Å². The fraction of sp³-hybridized carbons (Fsp3) is 1.00. The second-order valence-electron chi connectivity index (χ2n) is 7.03. The van der Waals surface area contributed by atoms with Crippen LogP contribution >= 0.6 is 0 Å². The predicted octanol–water partition coefficient (Wildman–Crippen LogP) is -0.201. The molecule has 21 heavy (non-hydrogen) atoms. The van der Waals surface area contributed by atoms with Crippen LogP contribution in [0.15, 0.2) is 0 Å². The van der Waals surface area contributed by atoms with Gasteiger partial charge in [-0.2, -0.15) is 17.0 Å². The standard InChI is InChI=1S/C14H28N4O2S/c1-12-7-13(2)9-17(8-12)21(19,20)18-10-14(11-18)16-5-3-15-4-6-16/h12-15H,3-11H2,1-2H3. The molecule has 0 aromatic rings. The van der Waals surface area contributed by atoms with Crippen LogP contribution in [0.3, 0.4) is 0 Å². The van der Waals surface area contributed by atoms with Crippen LogP contribution < -0.4 is 5.32 Å². The van der Waals surface area contributed by atoms with E-state index in [0.717, 1.165) is 32.6 Å². The molecule has 3 fully saturated rings. The molecular weight excluding hydrogens is 288 g/mol. The van der Waals surface area contributed by atoms with Crippen molar-refractivity contribution in [2.24, 2.45) is 11.8 Å². The van der Waals surface area contributed by atoms with E-state index in [0.29, 0.717) is 44.1 Å². The molecule has 3 aliphatic heterocycles. The summed E-state index contributed by atoms with van der Waals surface area (Å²) in [7, 11) is -3.24. The molecule has 0 saturated carbocycles. The van der Waals surface area contributed by atoms with Crippen molar-refractivity contribution in [1.82, 2.24) is 18.8 Å². The zero-order valence-electron chi connectivity index (χ0n) is 13.2. The van der Waals surface area contributed by atoms with Gasteiger partial charge in [-0.1, -0.05) is 13.8 Å². The van der Waals surface area contributed by atoms with Gasteiger partial charge in [0.15, 0.2) is 0 Å². The van der Waals surface area contributed by atoms with Crippen LogP contribution in [0.2, 0.25) is 0 Å². The Morgan fingerprint density at radius 3 is 2.00 bits per heavy atom. The third-order valence-corrected chi connectivity index (χ3v) is 6.89. The first kappa shape index (κ1) is 15.7. The molecule has 3 saturated heterocycles. The average molecular weight is 316 g/mol. The minimum atomic E-state index is -3.24. The van der Waals surface area contributed by atoms with Crippen LogP contribution in [0.25, 0.3) is 0 Å². The number of hydrogen-bond acceptors (Lipinski definition) is 4. The van der Waals surface area contributed by atoms with Gasteiger partial charge in [-0.25, -0.2) is 0 Å². The summed E-state index contributed by atoms with van der Waals surface area (Å²) in [6.45, 7) is 11.1. The van der Waals surface area contributed by atoms with Crippen LogP contribution in [-0.4, -0.2) is 80.3 Å². The second kappa shape index (κ2) is 6.12. The molecule has 3 aliphatic rings. The molecular formula is C14H28N4O2S. The Labute approximate surface area is 128 Å². The molecule has 122 valence electrons. The molecule has 2 atom stereocenters. The van der Waals surface area contributed by atoms with E-state index in [-0.39, 0.29) is 0 Å². The lowest BCUT2D eigenvalue weighted by atomic mass is 9.94. The quantitative estimate of drug-likeness (QED) is 0.783. The Morgan fingerprint density at radius 1 is 0.905 bits per heavy atom. The highest BCUT2D eigenvalue weighted by atomic mass is 32.2. The molecule has 7 heteroatoms. The van der Waals surface area contributed by atoms with Crippen molar-refractivity contribution in [3.63, 3.8) is 0 Å². The largest absolute Gasteiger partial charge is 0.314 e. The molecule has 0 aromatic carbocycles. The van der Waals surface area contributed by atoms with Crippen LogP contribution in [0.4, 0.5) is 0 Å². The molecule has 3 rings (SSSR count). The van der Waals surface area contributed by atoms with Gasteiger partial charge < -0.3 is 5.32 Å². The lowest BCUT2D eigenvalue weighted by Crippen LogP contribution is -2.66. The van der Waals surface area contributed by atoms with E-state index in [1.54, 1.807) is 8.61 Å². The van der Waals surface area contributed by atoms with Gasteiger partial charge in [0.05, 0.1) is 0 Å². The Bertz CT molecular complexity index is 448. The molecule has 0 amide bonds. The van der Waals surface area contributed by atoms with Crippen LogP contribution in [0.1, 0.15) is 20.3 Å².